The van der Waals surface area contributed by atoms with Crippen LogP contribution in [0.25, 0.3) is 22.8 Å². The van der Waals surface area contributed by atoms with Crippen molar-refractivity contribution in [2.24, 2.45) is 0 Å². The molecule has 0 bridgehead atoms. The van der Waals surface area contributed by atoms with Gasteiger partial charge in [0.2, 0.25) is 0 Å². The zero-order valence-corrected chi connectivity index (χ0v) is 12.1. The maximum atomic E-state index is 5.37. The Morgan fingerprint density at radius 2 is 1.71 bits per heavy atom. The molecule has 21 heavy (non-hydrogen) atoms. The van der Waals surface area contributed by atoms with Crippen LogP contribution in [0.1, 0.15) is 12.5 Å². The first-order chi connectivity index (χ1) is 10.3. The van der Waals surface area contributed by atoms with Gasteiger partial charge in [0.1, 0.15) is 5.75 Å². The molecule has 0 saturated heterocycles. The Morgan fingerprint density at radius 1 is 1.00 bits per heavy atom. The number of aryl methyl sites for hydroxylation is 1. The Bertz CT molecular complexity index is 687. The van der Waals surface area contributed by atoms with Crippen molar-refractivity contribution in [3.8, 4) is 28.5 Å². The molecule has 0 saturated carbocycles. The number of ether oxygens (including phenoxy) is 1. The number of benzene rings is 2. The number of hydrogen-bond acceptors (Lipinski definition) is 3. The first kappa shape index (κ1) is 13.4. The van der Waals surface area contributed by atoms with Gasteiger partial charge in [-0.2, -0.15) is 5.10 Å². The summed E-state index contributed by atoms with van der Waals surface area (Å²) in [5.41, 5.74) is 3.23. The van der Waals surface area contributed by atoms with E-state index in [1.54, 1.807) is 7.11 Å². The summed E-state index contributed by atoms with van der Waals surface area (Å²) in [6.07, 6.45) is 0.959. The fraction of sp³-hybridized carbons (Fsp3) is 0.176. The zero-order valence-electron chi connectivity index (χ0n) is 12.1. The van der Waals surface area contributed by atoms with Crippen LogP contribution in [0.15, 0.2) is 48.5 Å². The fourth-order valence-corrected chi connectivity index (χ4v) is 2.39. The average Bonchev–Trinajstić information content (AvgIpc) is 3.04. The van der Waals surface area contributed by atoms with Crippen molar-refractivity contribution in [2.75, 3.05) is 7.11 Å². The van der Waals surface area contributed by atoms with Crippen molar-refractivity contribution in [3.63, 3.8) is 0 Å². The number of methoxy groups -OCH3 is 1. The van der Waals surface area contributed by atoms with Gasteiger partial charge in [0.15, 0.2) is 11.6 Å². The maximum Gasteiger partial charge on any atom is 0.185 e. The van der Waals surface area contributed by atoms with Gasteiger partial charge in [-0.3, -0.25) is 5.10 Å². The second kappa shape index (κ2) is 5.79. The Kier molecular flexibility index (Phi) is 3.69. The van der Waals surface area contributed by atoms with E-state index in [-0.39, 0.29) is 0 Å². The Balaban J connectivity index is 2.04. The molecule has 3 aromatic rings. The molecule has 0 unspecified atom stereocenters. The lowest BCUT2D eigenvalue weighted by molar-refractivity contribution is 0.416. The molecule has 4 heteroatoms. The molecule has 1 N–H and O–H groups in total. The second-order valence-corrected chi connectivity index (χ2v) is 4.72. The molecule has 1 aromatic heterocycles. The van der Waals surface area contributed by atoms with E-state index >= 15 is 0 Å². The Hall–Kier alpha value is -2.62. The van der Waals surface area contributed by atoms with Gasteiger partial charge in [0.05, 0.1) is 12.7 Å². The van der Waals surface area contributed by atoms with Crippen LogP contribution in [0.2, 0.25) is 0 Å². The lowest BCUT2D eigenvalue weighted by Gasteiger charge is -2.04. The van der Waals surface area contributed by atoms with E-state index in [0.29, 0.717) is 5.82 Å². The lowest BCUT2D eigenvalue weighted by Crippen LogP contribution is -1.90. The van der Waals surface area contributed by atoms with E-state index < -0.39 is 0 Å². The van der Waals surface area contributed by atoms with Gasteiger partial charge in [0, 0.05) is 5.56 Å². The predicted molar refractivity (Wildman–Crippen MR) is 83.2 cm³/mol. The first-order valence-electron chi connectivity index (χ1n) is 6.97. The van der Waals surface area contributed by atoms with Crippen LogP contribution >= 0.6 is 0 Å². The minimum Gasteiger partial charge on any atom is -0.496 e. The minimum absolute atomic E-state index is 0.647. The number of nitrogens with one attached hydrogen (secondary N) is 1. The highest BCUT2D eigenvalue weighted by Crippen LogP contribution is 2.29. The highest BCUT2D eigenvalue weighted by Gasteiger charge is 2.13. The highest BCUT2D eigenvalue weighted by atomic mass is 16.5. The van der Waals surface area contributed by atoms with Crippen molar-refractivity contribution in [1.82, 2.24) is 15.2 Å². The summed E-state index contributed by atoms with van der Waals surface area (Å²) in [7, 11) is 1.65. The molecular formula is C17H17N3O. The van der Waals surface area contributed by atoms with Gasteiger partial charge in [-0.05, 0) is 24.1 Å². The van der Waals surface area contributed by atoms with Crippen LogP contribution in [0, 0.1) is 0 Å². The van der Waals surface area contributed by atoms with Crippen LogP contribution in [0.5, 0.6) is 5.75 Å². The van der Waals surface area contributed by atoms with Crippen molar-refractivity contribution in [3.05, 3.63) is 54.1 Å². The van der Waals surface area contributed by atoms with Crippen LogP contribution in [0.4, 0.5) is 0 Å². The van der Waals surface area contributed by atoms with Crippen molar-refractivity contribution < 1.29 is 4.74 Å². The van der Waals surface area contributed by atoms with Gasteiger partial charge in [0.25, 0.3) is 0 Å². The molecular weight excluding hydrogens is 262 g/mol. The summed E-state index contributed by atoms with van der Waals surface area (Å²) >= 11 is 0. The van der Waals surface area contributed by atoms with E-state index in [4.69, 9.17) is 4.74 Å². The van der Waals surface area contributed by atoms with Crippen LogP contribution in [0.3, 0.4) is 0 Å². The molecule has 0 aliphatic heterocycles. The third-order valence-electron chi connectivity index (χ3n) is 3.49. The molecule has 0 aliphatic carbocycles. The number of para-hydroxylation sites is 1. The van der Waals surface area contributed by atoms with E-state index in [2.05, 4.69) is 34.2 Å². The minimum atomic E-state index is 0.647. The molecule has 0 atom stereocenters. The summed E-state index contributed by atoms with van der Waals surface area (Å²) in [6, 6.07) is 16.0. The van der Waals surface area contributed by atoms with Crippen LogP contribution in [-0.2, 0) is 6.42 Å². The molecule has 1 heterocycles. The molecule has 2 aromatic carbocycles. The van der Waals surface area contributed by atoms with Crippen molar-refractivity contribution in [1.29, 1.82) is 0 Å². The van der Waals surface area contributed by atoms with Crippen molar-refractivity contribution >= 4 is 0 Å². The molecule has 0 spiro atoms. The van der Waals surface area contributed by atoms with Gasteiger partial charge >= 0.3 is 0 Å². The Morgan fingerprint density at radius 3 is 2.48 bits per heavy atom. The van der Waals surface area contributed by atoms with E-state index in [9.17, 15) is 0 Å². The third-order valence-corrected chi connectivity index (χ3v) is 3.49. The van der Waals surface area contributed by atoms with Crippen LogP contribution < -0.4 is 4.74 Å². The maximum absolute atomic E-state index is 5.37. The predicted octanol–water partition coefficient (Wildman–Crippen LogP) is 3.71. The van der Waals surface area contributed by atoms with Gasteiger partial charge < -0.3 is 4.74 Å². The lowest BCUT2D eigenvalue weighted by atomic mass is 10.1. The monoisotopic (exact) mass is 279 g/mol. The SMILES string of the molecule is CCc1ccccc1-c1nc(-c2ccccc2OC)n[nH]1. The molecule has 4 nitrogen and oxygen atoms in total. The van der Waals surface area contributed by atoms with E-state index in [1.165, 1.54) is 5.56 Å². The number of H-pyrrole nitrogens is 1. The number of aromatic nitrogens is 3. The van der Waals surface area contributed by atoms with Crippen LogP contribution in [-0.4, -0.2) is 22.3 Å². The topological polar surface area (TPSA) is 50.8 Å². The second-order valence-electron chi connectivity index (χ2n) is 4.72. The molecule has 0 fully saturated rings. The zero-order chi connectivity index (χ0) is 14.7. The summed E-state index contributed by atoms with van der Waals surface area (Å²) in [5, 5.41) is 7.36. The standard InChI is InChI=1S/C17H17N3O/c1-3-12-8-4-5-9-13(12)16-18-17(20-19-16)14-10-6-7-11-15(14)21-2/h4-11H,3H2,1-2H3,(H,18,19,20). The number of hydrogen-bond donors (Lipinski definition) is 1. The number of nitrogens with zero attached hydrogens (tertiary/aromatic N) is 2. The number of aromatic amines is 1. The van der Waals surface area contributed by atoms with Gasteiger partial charge in [-0.25, -0.2) is 4.98 Å². The molecule has 106 valence electrons. The molecule has 0 radical (unpaired) electrons. The largest absolute Gasteiger partial charge is 0.496 e. The normalized spacial score (nSPS) is 10.6. The van der Waals surface area contributed by atoms with Crippen molar-refractivity contribution in [2.45, 2.75) is 13.3 Å². The third kappa shape index (κ3) is 2.52. The quantitative estimate of drug-likeness (QED) is 0.792. The number of rotatable bonds is 4. The summed E-state index contributed by atoms with van der Waals surface area (Å²) in [5.74, 6) is 2.20. The molecule has 0 amide bonds. The average molecular weight is 279 g/mol. The molecule has 0 aliphatic rings. The molecule has 3 rings (SSSR count). The smallest absolute Gasteiger partial charge is 0.185 e. The fourth-order valence-electron chi connectivity index (χ4n) is 2.39. The van der Waals surface area contributed by atoms with E-state index in [0.717, 1.165) is 29.1 Å². The van der Waals surface area contributed by atoms with E-state index in [1.807, 2.05) is 36.4 Å². The van der Waals surface area contributed by atoms with Gasteiger partial charge in [-0.15, -0.1) is 0 Å². The van der Waals surface area contributed by atoms with Gasteiger partial charge in [-0.1, -0.05) is 43.3 Å². The summed E-state index contributed by atoms with van der Waals surface area (Å²) in [4.78, 5) is 4.62. The summed E-state index contributed by atoms with van der Waals surface area (Å²) < 4.78 is 5.37. The highest BCUT2D eigenvalue weighted by molar-refractivity contribution is 5.67. The Labute approximate surface area is 123 Å². The first-order valence-corrected chi connectivity index (χ1v) is 6.97. The summed E-state index contributed by atoms with van der Waals surface area (Å²) in [6.45, 7) is 2.14.